The maximum Gasteiger partial charge on any atom is 0.331 e. The number of anilines is 1. The zero-order valence-corrected chi connectivity index (χ0v) is 18.2. The molecule has 7 heteroatoms. The monoisotopic (exact) mass is 425 g/mol. The molecule has 0 bridgehead atoms. The van der Waals surface area contributed by atoms with Gasteiger partial charge in [0.15, 0.2) is 18.1 Å². The molecule has 0 spiro atoms. The summed E-state index contributed by atoms with van der Waals surface area (Å²) in [7, 11) is 1.53. The number of nitrogens with one attached hydrogen (secondary N) is 1. The topological polar surface area (TPSA) is 83.1 Å². The van der Waals surface area contributed by atoms with Crippen LogP contribution >= 0.6 is 0 Å². The molecule has 3 rings (SSSR count). The van der Waals surface area contributed by atoms with Gasteiger partial charge in [-0.1, -0.05) is 32.9 Å². The number of hydrogen-bond acceptors (Lipinski definition) is 6. The molecule has 1 aliphatic heterocycles. The molecule has 0 atom stereocenters. The van der Waals surface area contributed by atoms with E-state index >= 15 is 0 Å². The van der Waals surface area contributed by atoms with Gasteiger partial charge in [0.2, 0.25) is 5.75 Å². The largest absolute Gasteiger partial charge is 0.493 e. The summed E-state index contributed by atoms with van der Waals surface area (Å²) in [5.41, 5.74) is 2.53. The summed E-state index contributed by atoms with van der Waals surface area (Å²) < 4.78 is 21.5. The smallest absolute Gasteiger partial charge is 0.331 e. The Balaban J connectivity index is 1.53. The van der Waals surface area contributed by atoms with Crippen LogP contribution in [-0.4, -0.2) is 38.8 Å². The minimum absolute atomic E-state index is 0.0334. The van der Waals surface area contributed by atoms with E-state index in [-0.39, 0.29) is 12.0 Å². The zero-order valence-electron chi connectivity index (χ0n) is 18.2. The summed E-state index contributed by atoms with van der Waals surface area (Å²) in [5.74, 6) is 0.566. The summed E-state index contributed by atoms with van der Waals surface area (Å²) in [6.45, 7) is 6.87. The SMILES string of the molecule is COc1cc(/C=C/C(=O)OCC(=O)Nc2ccc(C(C)(C)C)cc2)cc2c1OCCO2. The molecule has 1 N–H and O–H groups in total. The van der Waals surface area contributed by atoms with Gasteiger partial charge in [-0.2, -0.15) is 0 Å². The quantitative estimate of drug-likeness (QED) is 0.557. The van der Waals surface area contributed by atoms with Crippen LogP contribution in [0.25, 0.3) is 6.08 Å². The summed E-state index contributed by atoms with van der Waals surface area (Å²) in [6, 6.07) is 11.1. The predicted octanol–water partition coefficient (Wildman–Crippen LogP) is 3.96. The van der Waals surface area contributed by atoms with E-state index in [2.05, 4.69) is 26.1 Å². The predicted molar refractivity (Wildman–Crippen MR) is 118 cm³/mol. The van der Waals surface area contributed by atoms with Crippen LogP contribution in [0.15, 0.2) is 42.5 Å². The Bertz CT molecular complexity index is 956. The second-order valence-electron chi connectivity index (χ2n) is 8.06. The lowest BCUT2D eigenvalue weighted by molar-refractivity contribution is -0.142. The van der Waals surface area contributed by atoms with Crippen molar-refractivity contribution in [2.45, 2.75) is 26.2 Å². The molecular formula is C24H27NO6. The Kier molecular flexibility index (Phi) is 6.84. The van der Waals surface area contributed by atoms with Crippen LogP contribution < -0.4 is 19.5 Å². The molecular weight excluding hydrogens is 398 g/mol. The van der Waals surface area contributed by atoms with E-state index in [9.17, 15) is 9.59 Å². The summed E-state index contributed by atoms with van der Waals surface area (Å²) in [6.07, 6.45) is 2.81. The number of carbonyl (C=O) groups excluding carboxylic acids is 2. The molecule has 0 fully saturated rings. The molecule has 1 amide bonds. The van der Waals surface area contributed by atoms with Crippen molar-refractivity contribution in [3.63, 3.8) is 0 Å². The van der Waals surface area contributed by atoms with Gasteiger partial charge in [0, 0.05) is 11.8 Å². The van der Waals surface area contributed by atoms with Crippen LogP contribution in [-0.2, 0) is 19.7 Å². The van der Waals surface area contributed by atoms with Gasteiger partial charge in [0.05, 0.1) is 7.11 Å². The highest BCUT2D eigenvalue weighted by atomic mass is 16.6. The lowest BCUT2D eigenvalue weighted by atomic mass is 9.87. The Hall–Kier alpha value is -3.48. The van der Waals surface area contributed by atoms with Crippen molar-refractivity contribution in [1.82, 2.24) is 0 Å². The van der Waals surface area contributed by atoms with Crippen molar-refractivity contribution in [3.8, 4) is 17.2 Å². The third kappa shape index (κ3) is 6.01. The van der Waals surface area contributed by atoms with Gasteiger partial charge >= 0.3 is 5.97 Å². The molecule has 0 aliphatic carbocycles. The normalized spacial score (nSPS) is 13.0. The van der Waals surface area contributed by atoms with Crippen molar-refractivity contribution in [3.05, 3.63) is 53.6 Å². The van der Waals surface area contributed by atoms with E-state index in [0.717, 1.165) is 5.56 Å². The van der Waals surface area contributed by atoms with Crippen LogP contribution in [0, 0.1) is 0 Å². The van der Waals surface area contributed by atoms with Crippen LogP contribution in [0.2, 0.25) is 0 Å². The number of carbonyl (C=O) groups is 2. The third-order valence-corrected chi connectivity index (χ3v) is 4.64. The van der Waals surface area contributed by atoms with Gasteiger partial charge in [-0.15, -0.1) is 0 Å². The van der Waals surface area contributed by atoms with Crippen molar-refractivity contribution in [2.75, 3.05) is 32.2 Å². The van der Waals surface area contributed by atoms with Gasteiger partial charge in [0.1, 0.15) is 13.2 Å². The number of amides is 1. The first-order chi connectivity index (χ1) is 14.8. The second-order valence-corrected chi connectivity index (χ2v) is 8.06. The molecule has 7 nitrogen and oxygen atoms in total. The minimum Gasteiger partial charge on any atom is -0.493 e. The van der Waals surface area contributed by atoms with Crippen molar-refractivity contribution in [2.24, 2.45) is 0 Å². The molecule has 0 unspecified atom stereocenters. The third-order valence-electron chi connectivity index (χ3n) is 4.64. The molecule has 1 heterocycles. The number of hydrogen-bond donors (Lipinski definition) is 1. The van der Waals surface area contributed by atoms with Crippen LogP contribution in [0.5, 0.6) is 17.2 Å². The highest BCUT2D eigenvalue weighted by Gasteiger charge is 2.18. The van der Waals surface area contributed by atoms with E-state index in [4.69, 9.17) is 18.9 Å². The zero-order chi connectivity index (χ0) is 22.4. The molecule has 0 saturated carbocycles. The highest BCUT2D eigenvalue weighted by molar-refractivity contribution is 5.94. The standard InChI is InChI=1S/C24H27NO6/c1-24(2,3)17-6-8-18(9-7-17)25-21(26)15-31-22(27)10-5-16-13-19(28-4)23-20(14-16)29-11-12-30-23/h5-10,13-14H,11-12,15H2,1-4H3,(H,25,26)/b10-5+. The van der Waals surface area contributed by atoms with Crippen molar-refractivity contribution >= 4 is 23.6 Å². The Morgan fingerprint density at radius 1 is 1.10 bits per heavy atom. The number of esters is 1. The number of rotatable bonds is 6. The molecule has 0 radical (unpaired) electrons. The van der Waals surface area contributed by atoms with Gasteiger partial charge < -0.3 is 24.3 Å². The fourth-order valence-corrected chi connectivity index (χ4v) is 2.99. The Morgan fingerprint density at radius 3 is 2.48 bits per heavy atom. The van der Waals surface area contributed by atoms with Crippen molar-refractivity contribution in [1.29, 1.82) is 0 Å². The maximum atomic E-state index is 12.1. The molecule has 2 aromatic rings. The van der Waals surface area contributed by atoms with E-state index in [0.29, 0.717) is 41.7 Å². The molecule has 0 aromatic heterocycles. The minimum atomic E-state index is -0.632. The summed E-state index contributed by atoms with van der Waals surface area (Å²) in [5, 5.41) is 2.71. The van der Waals surface area contributed by atoms with Gasteiger partial charge in [-0.3, -0.25) is 4.79 Å². The first-order valence-electron chi connectivity index (χ1n) is 9.99. The number of methoxy groups -OCH3 is 1. The van der Waals surface area contributed by atoms with E-state index in [1.54, 1.807) is 18.2 Å². The summed E-state index contributed by atoms with van der Waals surface area (Å²) in [4.78, 5) is 24.1. The van der Waals surface area contributed by atoms with Crippen LogP contribution in [0.1, 0.15) is 31.9 Å². The van der Waals surface area contributed by atoms with Gasteiger partial charge in [-0.25, -0.2) is 4.79 Å². The highest BCUT2D eigenvalue weighted by Crippen LogP contribution is 2.40. The van der Waals surface area contributed by atoms with E-state index in [1.807, 2.05) is 24.3 Å². The molecule has 164 valence electrons. The number of ether oxygens (including phenoxy) is 4. The van der Waals surface area contributed by atoms with Gasteiger partial charge in [-0.05, 0) is 46.9 Å². The van der Waals surface area contributed by atoms with E-state index < -0.39 is 11.9 Å². The molecule has 2 aromatic carbocycles. The maximum absolute atomic E-state index is 12.1. The fourth-order valence-electron chi connectivity index (χ4n) is 2.99. The molecule has 31 heavy (non-hydrogen) atoms. The van der Waals surface area contributed by atoms with E-state index in [1.165, 1.54) is 13.2 Å². The Labute approximate surface area is 181 Å². The first-order valence-corrected chi connectivity index (χ1v) is 9.99. The fraction of sp³-hybridized carbons (Fsp3) is 0.333. The lowest BCUT2D eigenvalue weighted by Crippen LogP contribution is -2.20. The van der Waals surface area contributed by atoms with Crippen LogP contribution in [0.3, 0.4) is 0 Å². The molecule has 0 saturated heterocycles. The lowest BCUT2D eigenvalue weighted by Gasteiger charge is -2.20. The van der Waals surface area contributed by atoms with Gasteiger partial charge in [0.25, 0.3) is 5.91 Å². The van der Waals surface area contributed by atoms with Crippen LogP contribution in [0.4, 0.5) is 5.69 Å². The number of benzene rings is 2. The number of fused-ring (bicyclic) bond motifs is 1. The Morgan fingerprint density at radius 2 is 1.81 bits per heavy atom. The average molecular weight is 425 g/mol. The molecule has 1 aliphatic rings. The second kappa shape index (κ2) is 9.55. The average Bonchev–Trinajstić information content (AvgIpc) is 2.75. The first kappa shape index (κ1) is 22.2. The summed E-state index contributed by atoms with van der Waals surface area (Å²) >= 11 is 0. The van der Waals surface area contributed by atoms with Crippen molar-refractivity contribution < 1.29 is 28.5 Å².